The van der Waals surface area contributed by atoms with Gasteiger partial charge in [0.1, 0.15) is 11.4 Å². The molecule has 3 nitrogen and oxygen atoms in total. The largest absolute Gasteiger partial charge is 0.459 e. The van der Waals surface area contributed by atoms with Gasteiger partial charge < -0.3 is 4.74 Å². The predicted molar refractivity (Wildman–Crippen MR) is 66.9 cm³/mol. The molecule has 90 valence electrons. The van der Waals surface area contributed by atoms with E-state index in [0.29, 0.717) is 5.75 Å². The van der Waals surface area contributed by atoms with E-state index in [2.05, 4.69) is 0 Å². The first-order valence-corrected chi connectivity index (χ1v) is 7.33. The van der Waals surface area contributed by atoms with Crippen LogP contribution in [0.15, 0.2) is 17.5 Å². The van der Waals surface area contributed by atoms with Crippen molar-refractivity contribution in [2.45, 2.75) is 32.1 Å². The lowest BCUT2D eigenvalue weighted by Gasteiger charge is -2.19. The Kier molecular flexibility index (Phi) is 4.68. The second-order valence-corrected chi connectivity index (χ2v) is 6.88. The quantitative estimate of drug-likeness (QED) is 0.780. The van der Waals surface area contributed by atoms with Crippen LogP contribution in [0.3, 0.4) is 0 Å². The van der Waals surface area contributed by atoms with Crippen LogP contribution in [0.4, 0.5) is 0 Å². The van der Waals surface area contributed by atoms with Crippen LogP contribution in [0.2, 0.25) is 0 Å². The summed E-state index contributed by atoms with van der Waals surface area (Å²) in [5.41, 5.74) is -0.510. The molecule has 0 aliphatic carbocycles. The smallest absolute Gasteiger partial charge is 0.319 e. The van der Waals surface area contributed by atoms with E-state index in [4.69, 9.17) is 4.74 Å². The summed E-state index contributed by atoms with van der Waals surface area (Å²) < 4.78 is 16.7. The highest BCUT2D eigenvalue weighted by atomic mass is 32.2. The molecule has 0 aromatic carbocycles. The Morgan fingerprint density at radius 2 is 2.19 bits per heavy atom. The molecule has 0 bridgehead atoms. The summed E-state index contributed by atoms with van der Waals surface area (Å²) in [7, 11) is -1.18. The Bertz CT molecular complexity index is 363. The summed E-state index contributed by atoms with van der Waals surface area (Å²) in [5.74, 6) is -0.00565. The van der Waals surface area contributed by atoms with E-state index >= 15 is 0 Å². The maximum absolute atomic E-state index is 11.6. The van der Waals surface area contributed by atoms with Crippen molar-refractivity contribution in [3.8, 4) is 0 Å². The molecule has 0 unspecified atom stereocenters. The fourth-order valence-corrected chi connectivity index (χ4v) is 3.10. The lowest BCUT2D eigenvalue weighted by atomic mass is 10.2. The molecule has 0 fully saturated rings. The van der Waals surface area contributed by atoms with Crippen molar-refractivity contribution in [2.75, 3.05) is 5.75 Å². The predicted octanol–water partition coefficient (Wildman–Crippen LogP) is 2.34. The second kappa shape index (κ2) is 5.59. The molecule has 0 radical (unpaired) electrons. The van der Waals surface area contributed by atoms with Crippen LogP contribution in [0.25, 0.3) is 0 Å². The van der Waals surface area contributed by atoms with Gasteiger partial charge >= 0.3 is 5.97 Å². The van der Waals surface area contributed by atoms with Crippen LogP contribution in [0.5, 0.6) is 0 Å². The summed E-state index contributed by atoms with van der Waals surface area (Å²) in [6.07, 6.45) is 0. The number of esters is 1. The topological polar surface area (TPSA) is 43.4 Å². The molecular weight excluding hydrogens is 244 g/mol. The minimum absolute atomic E-state index is 0.0326. The zero-order valence-corrected chi connectivity index (χ0v) is 11.3. The Labute approximate surface area is 102 Å². The molecule has 1 aromatic heterocycles. The Balaban J connectivity index is 2.37. The van der Waals surface area contributed by atoms with Crippen molar-refractivity contribution >= 4 is 28.1 Å². The summed E-state index contributed by atoms with van der Waals surface area (Å²) in [6.45, 7) is 5.40. The van der Waals surface area contributed by atoms with E-state index in [-0.39, 0.29) is 5.75 Å². The van der Waals surface area contributed by atoms with Crippen LogP contribution < -0.4 is 0 Å². The molecule has 0 amide bonds. The number of hydrogen-bond donors (Lipinski definition) is 0. The Morgan fingerprint density at radius 3 is 2.69 bits per heavy atom. The minimum Gasteiger partial charge on any atom is -0.459 e. The van der Waals surface area contributed by atoms with Gasteiger partial charge in [-0.3, -0.25) is 9.00 Å². The number of carbonyl (C=O) groups is 1. The van der Waals surface area contributed by atoms with E-state index in [0.717, 1.165) is 4.88 Å². The van der Waals surface area contributed by atoms with E-state index in [9.17, 15) is 9.00 Å². The van der Waals surface area contributed by atoms with Gasteiger partial charge in [0.25, 0.3) is 0 Å². The van der Waals surface area contributed by atoms with Crippen LogP contribution >= 0.6 is 11.3 Å². The molecule has 0 saturated heterocycles. The molecule has 0 saturated carbocycles. The highest BCUT2D eigenvalue weighted by Gasteiger charge is 2.18. The van der Waals surface area contributed by atoms with Crippen molar-refractivity contribution in [1.82, 2.24) is 0 Å². The molecule has 1 heterocycles. The van der Waals surface area contributed by atoms with Crippen molar-refractivity contribution < 1.29 is 13.7 Å². The molecule has 0 aliphatic heterocycles. The van der Waals surface area contributed by atoms with E-state index in [1.165, 1.54) is 0 Å². The van der Waals surface area contributed by atoms with Crippen LogP contribution in [-0.4, -0.2) is 21.5 Å². The van der Waals surface area contributed by atoms with Crippen LogP contribution in [0.1, 0.15) is 25.6 Å². The zero-order valence-electron chi connectivity index (χ0n) is 9.69. The standard InChI is InChI=1S/C11H16O3S2/c1-11(2,3)14-10(12)8-16(13)7-9-5-4-6-15-9/h4-6H,7-8H2,1-3H3/t16-/m0/s1. The van der Waals surface area contributed by atoms with Crippen molar-refractivity contribution in [3.63, 3.8) is 0 Å². The van der Waals surface area contributed by atoms with Gasteiger partial charge in [0.05, 0.1) is 5.75 Å². The van der Waals surface area contributed by atoms with Gasteiger partial charge in [-0.15, -0.1) is 11.3 Å². The molecule has 0 N–H and O–H groups in total. The lowest BCUT2D eigenvalue weighted by molar-refractivity contribution is -0.151. The van der Waals surface area contributed by atoms with Gasteiger partial charge in [0.15, 0.2) is 0 Å². The first-order chi connectivity index (χ1) is 7.37. The maximum Gasteiger partial charge on any atom is 0.319 e. The van der Waals surface area contributed by atoms with Gasteiger partial charge in [-0.05, 0) is 32.2 Å². The third-order valence-electron chi connectivity index (χ3n) is 1.58. The molecule has 1 aromatic rings. The van der Waals surface area contributed by atoms with Crippen molar-refractivity contribution in [3.05, 3.63) is 22.4 Å². The summed E-state index contributed by atoms with van der Waals surface area (Å²) in [4.78, 5) is 12.4. The lowest BCUT2D eigenvalue weighted by Crippen LogP contribution is -2.27. The number of ether oxygens (including phenoxy) is 1. The third-order valence-corrected chi connectivity index (χ3v) is 3.83. The fraction of sp³-hybridized carbons (Fsp3) is 0.545. The van der Waals surface area contributed by atoms with Gasteiger partial charge in [0.2, 0.25) is 0 Å². The summed E-state index contributed by atoms with van der Waals surface area (Å²) in [6, 6.07) is 3.82. The highest BCUT2D eigenvalue weighted by molar-refractivity contribution is 7.85. The third kappa shape index (κ3) is 5.42. The van der Waals surface area contributed by atoms with Gasteiger partial charge in [-0.1, -0.05) is 6.07 Å². The molecule has 1 atom stereocenters. The van der Waals surface area contributed by atoms with Gasteiger partial charge in [-0.25, -0.2) is 0 Å². The SMILES string of the molecule is CC(C)(C)OC(=O)C[S@@](=O)Cc1cccs1. The summed E-state index contributed by atoms with van der Waals surface area (Å²) in [5, 5.41) is 1.93. The highest BCUT2D eigenvalue weighted by Crippen LogP contribution is 2.12. The van der Waals surface area contributed by atoms with E-state index < -0.39 is 22.4 Å². The average Bonchev–Trinajstić information content (AvgIpc) is 2.51. The van der Waals surface area contributed by atoms with Gasteiger partial charge in [-0.2, -0.15) is 0 Å². The number of rotatable bonds is 4. The molecular formula is C11H16O3S2. The molecule has 0 spiro atoms. The molecule has 0 aliphatic rings. The van der Waals surface area contributed by atoms with Crippen LogP contribution in [0, 0.1) is 0 Å². The van der Waals surface area contributed by atoms with Crippen molar-refractivity contribution in [1.29, 1.82) is 0 Å². The van der Waals surface area contributed by atoms with Crippen molar-refractivity contribution in [2.24, 2.45) is 0 Å². The van der Waals surface area contributed by atoms with E-state index in [1.807, 2.05) is 17.5 Å². The Morgan fingerprint density at radius 1 is 1.50 bits per heavy atom. The maximum atomic E-state index is 11.6. The minimum atomic E-state index is -1.18. The normalized spacial score (nSPS) is 13.4. The average molecular weight is 260 g/mol. The number of hydrogen-bond acceptors (Lipinski definition) is 4. The second-order valence-electron chi connectivity index (χ2n) is 4.39. The Hall–Kier alpha value is -0.680. The number of carbonyl (C=O) groups excluding carboxylic acids is 1. The fourth-order valence-electron chi connectivity index (χ4n) is 1.11. The molecule has 1 rings (SSSR count). The van der Waals surface area contributed by atoms with Crippen LogP contribution in [-0.2, 0) is 26.1 Å². The number of thiophene rings is 1. The van der Waals surface area contributed by atoms with E-state index in [1.54, 1.807) is 32.1 Å². The molecule has 16 heavy (non-hydrogen) atoms. The van der Waals surface area contributed by atoms with Gasteiger partial charge in [0, 0.05) is 15.7 Å². The first-order valence-electron chi connectivity index (χ1n) is 4.96. The summed E-state index contributed by atoms with van der Waals surface area (Å²) >= 11 is 1.55. The monoisotopic (exact) mass is 260 g/mol. The first kappa shape index (κ1) is 13.4. The zero-order chi connectivity index (χ0) is 12.2. The molecule has 5 heteroatoms.